The number of rotatable bonds is 3. The summed E-state index contributed by atoms with van der Waals surface area (Å²) in [6, 6.07) is 6.07. The highest BCUT2D eigenvalue weighted by atomic mass is 16.5. The third kappa shape index (κ3) is 2.96. The minimum Gasteiger partial charge on any atom is -0.492 e. The van der Waals surface area contributed by atoms with Crippen molar-refractivity contribution in [2.24, 2.45) is 11.3 Å². The van der Waals surface area contributed by atoms with Crippen LogP contribution in [-0.4, -0.2) is 19.7 Å². The van der Waals surface area contributed by atoms with Gasteiger partial charge < -0.3 is 15.4 Å². The predicted octanol–water partition coefficient (Wildman–Crippen LogP) is 3.54. The molecule has 19 heavy (non-hydrogen) atoms. The van der Waals surface area contributed by atoms with Crippen LogP contribution < -0.4 is 15.4 Å². The van der Waals surface area contributed by atoms with Crippen LogP contribution >= 0.6 is 0 Å². The van der Waals surface area contributed by atoms with Crippen molar-refractivity contribution < 1.29 is 4.74 Å². The molecule has 0 aromatic heterocycles. The minimum absolute atomic E-state index is 0.362. The Bertz CT molecular complexity index is 437. The number of para-hydroxylation sites is 1. The Morgan fingerprint density at radius 2 is 2.11 bits per heavy atom. The fraction of sp³-hybridized carbons (Fsp3) is 0.625. The lowest BCUT2D eigenvalue weighted by molar-refractivity contribution is 0.263. The lowest BCUT2D eigenvalue weighted by Crippen LogP contribution is -2.26. The smallest absolute Gasteiger partial charge is 0.144 e. The normalized spacial score (nSPS) is 19.8. The number of ether oxygens (including phenoxy) is 1. The third-order valence-corrected chi connectivity index (χ3v) is 4.10. The first-order chi connectivity index (χ1) is 8.93. The fourth-order valence-corrected chi connectivity index (χ4v) is 2.78. The average Bonchev–Trinajstić information content (AvgIpc) is 2.81. The van der Waals surface area contributed by atoms with Crippen molar-refractivity contribution in [2.45, 2.75) is 34.1 Å². The molecule has 3 heteroatoms. The Balaban J connectivity index is 2.18. The first-order valence-electron chi connectivity index (χ1n) is 7.19. The van der Waals surface area contributed by atoms with Gasteiger partial charge >= 0.3 is 0 Å². The van der Waals surface area contributed by atoms with Crippen LogP contribution in [0, 0.1) is 11.3 Å². The molecule has 0 saturated carbocycles. The van der Waals surface area contributed by atoms with E-state index < -0.39 is 0 Å². The van der Waals surface area contributed by atoms with E-state index >= 15 is 0 Å². The number of hydrogen-bond donors (Lipinski definition) is 1. The largest absolute Gasteiger partial charge is 0.492 e. The van der Waals surface area contributed by atoms with Gasteiger partial charge in [0.25, 0.3) is 0 Å². The summed E-state index contributed by atoms with van der Waals surface area (Å²) < 4.78 is 5.58. The van der Waals surface area contributed by atoms with Crippen LogP contribution in [-0.2, 0) is 0 Å². The first-order valence-corrected chi connectivity index (χ1v) is 7.19. The zero-order valence-electron chi connectivity index (χ0n) is 12.6. The SMILES string of the molecule is CCOc1cccc(N2CCC(C(C)(C)C)C2)c1N. The van der Waals surface area contributed by atoms with Crippen LogP contribution in [0.3, 0.4) is 0 Å². The van der Waals surface area contributed by atoms with Crippen LogP contribution in [0.4, 0.5) is 11.4 Å². The van der Waals surface area contributed by atoms with Crippen molar-refractivity contribution in [3.8, 4) is 5.75 Å². The zero-order valence-corrected chi connectivity index (χ0v) is 12.6. The summed E-state index contributed by atoms with van der Waals surface area (Å²) in [5, 5.41) is 0. The maximum atomic E-state index is 6.24. The molecule has 3 nitrogen and oxygen atoms in total. The molecule has 0 bridgehead atoms. The maximum absolute atomic E-state index is 6.24. The molecule has 106 valence electrons. The average molecular weight is 262 g/mol. The molecule has 1 heterocycles. The number of nitrogen functional groups attached to an aromatic ring is 1. The van der Waals surface area contributed by atoms with E-state index in [1.165, 1.54) is 6.42 Å². The second kappa shape index (κ2) is 5.32. The lowest BCUT2D eigenvalue weighted by Gasteiger charge is -2.28. The van der Waals surface area contributed by atoms with Crippen LogP contribution in [0.2, 0.25) is 0 Å². The quantitative estimate of drug-likeness (QED) is 0.847. The van der Waals surface area contributed by atoms with E-state index in [0.717, 1.165) is 36.1 Å². The Labute approximate surface area is 116 Å². The molecule has 0 aliphatic carbocycles. The summed E-state index contributed by atoms with van der Waals surface area (Å²) in [5.41, 5.74) is 8.50. The van der Waals surface area contributed by atoms with Gasteiger partial charge in [-0.3, -0.25) is 0 Å². The zero-order chi connectivity index (χ0) is 14.0. The summed E-state index contributed by atoms with van der Waals surface area (Å²) >= 11 is 0. The van der Waals surface area contributed by atoms with Gasteiger partial charge in [-0.1, -0.05) is 26.8 Å². The number of hydrogen-bond acceptors (Lipinski definition) is 3. The third-order valence-electron chi connectivity index (χ3n) is 4.10. The van der Waals surface area contributed by atoms with Crippen LogP contribution in [0.1, 0.15) is 34.1 Å². The molecule has 2 N–H and O–H groups in total. The molecule has 1 aromatic carbocycles. The van der Waals surface area contributed by atoms with Gasteiger partial charge in [0.05, 0.1) is 18.0 Å². The van der Waals surface area contributed by atoms with E-state index in [0.29, 0.717) is 12.0 Å². The Kier molecular flexibility index (Phi) is 3.93. The number of nitrogens with zero attached hydrogens (tertiary/aromatic N) is 1. The molecule has 1 saturated heterocycles. The van der Waals surface area contributed by atoms with Crippen LogP contribution in [0.5, 0.6) is 5.75 Å². The summed E-state index contributed by atoms with van der Waals surface area (Å²) in [6.07, 6.45) is 1.24. The minimum atomic E-state index is 0.362. The number of anilines is 2. The lowest BCUT2D eigenvalue weighted by atomic mass is 9.80. The van der Waals surface area contributed by atoms with Crippen molar-refractivity contribution in [3.05, 3.63) is 18.2 Å². The van der Waals surface area contributed by atoms with Crippen LogP contribution in [0.15, 0.2) is 18.2 Å². The van der Waals surface area contributed by atoms with Crippen molar-refractivity contribution in [1.82, 2.24) is 0 Å². The summed E-state index contributed by atoms with van der Waals surface area (Å²) in [4.78, 5) is 2.40. The van der Waals surface area contributed by atoms with Gasteiger partial charge in [-0.2, -0.15) is 0 Å². The molecule has 0 radical (unpaired) electrons. The first kappa shape index (κ1) is 14.0. The van der Waals surface area contributed by atoms with E-state index in [1.54, 1.807) is 0 Å². The molecule has 1 fully saturated rings. The molecule has 1 aliphatic heterocycles. The van der Waals surface area contributed by atoms with Gasteiger partial charge in [-0.25, -0.2) is 0 Å². The van der Waals surface area contributed by atoms with Crippen molar-refractivity contribution in [3.63, 3.8) is 0 Å². The molecule has 1 aromatic rings. The van der Waals surface area contributed by atoms with E-state index in [1.807, 2.05) is 19.1 Å². The molecule has 0 amide bonds. The Morgan fingerprint density at radius 3 is 2.68 bits per heavy atom. The van der Waals surface area contributed by atoms with Crippen molar-refractivity contribution in [1.29, 1.82) is 0 Å². The highest BCUT2D eigenvalue weighted by Gasteiger charge is 2.32. The highest BCUT2D eigenvalue weighted by Crippen LogP contribution is 2.39. The van der Waals surface area contributed by atoms with Gasteiger partial charge in [0.15, 0.2) is 0 Å². The molecule has 2 rings (SSSR count). The van der Waals surface area contributed by atoms with E-state index in [2.05, 4.69) is 31.7 Å². The summed E-state index contributed by atoms with van der Waals surface area (Å²) in [7, 11) is 0. The fourth-order valence-electron chi connectivity index (χ4n) is 2.78. The highest BCUT2D eigenvalue weighted by molar-refractivity contribution is 5.74. The summed E-state index contributed by atoms with van der Waals surface area (Å²) in [6.45, 7) is 11.8. The monoisotopic (exact) mass is 262 g/mol. The maximum Gasteiger partial charge on any atom is 0.144 e. The van der Waals surface area contributed by atoms with E-state index in [9.17, 15) is 0 Å². The molecule has 1 atom stereocenters. The Morgan fingerprint density at radius 1 is 1.37 bits per heavy atom. The van der Waals surface area contributed by atoms with Gasteiger partial charge in [0, 0.05) is 13.1 Å². The standard InChI is InChI=1S/C16H26N2O/c1-5-19-14-8-6-7-13(15(14)17)18-10-9-12(11-18)16(2,3)4/h6-8,12H,5,9-11,17H2,1-4H3. The topological polar surface area (TPSA) is 38.5 Å². The van der Waals surface area contributed by atoms with Gasteiger partial charge in [0.2, 0.25) is 0 Å². The van der Waals surface area contributed by atoms with Gasteiger partial charge in [-0.15, -0.1) is 0 Å². The second-order valence-corrected chi connectivity index (χ2v) is 6.42. The molecule has 1 unspecified atom stereocenters. The predicted molar refractivity (Wildman–Crippen MR) is 81.8 cm³/mol. The van der Waals surface area contributed by atoms with Gasteiger partial charge in [0.1, 0.15) is 5.75 Å². The Hall–Kier alpha value is -1.38. The van der Waals surface area contributed by atoms with E-state index in [-0.39, 0.29) is 0 Å². The molecule has 1 aliphatic rings. The number of nitrogens with two attached hydrogens (primary N) is 1. The van der Waals surface area contributed by atoms with Crippen molar-refractivity contribution >= 4 is 11.4 Å². The molecule has 0 spiro atoms. The van der Waals surface area contributed by atoms with E-state index in [4.69, 9.17) is 10.5 Å². The van der Waals surface area contributed by atoms with Crippen molar-refractivity contribution in [2.75, 3.05) is 30.3 Å². The van der Waals surface area contributed by atoms with Gasteiger partial charge in [-0.05, 0) is 36.8 Å². The summed E-state index contributed by atoms with van der Waals surface area (Å²) in [5.74, 6) is 1.53. The molecular weight excluding hydrogens is 236 g/mol. The number of benzene rings is 1. The van der Waals surface area contributed by atoms with Crippen LogP contribution in [0.25, 0.3) is 0 Å². The second-order valence-electron chi connectivity index (χ2n) is 6.42. The molecular formula is C16H26N2O.